The van der Waals surface area contributed by atoms with Crippen molar-refractivity contribution < 1.29 is 9.53 Å². The molecule has 0 radical (unpaired) electrons. The molecule has 10 nitrogen and oxygen atoms in total. The highest BCUT2D eigenvalue weighted by Gasteiger charge is 2.31. The van der Waals surface area contributed by atoms with Crippen molar-refractivity contribution in [3.8, 4) is 11.4 Å². The van der Waals surface area contributed by atoms with Crippen molar-refractivity contribution in [2.24, 2.45) is 0 Å². The normalized spacial score (nSPS) is 20.1. The van der Waals surface area contributed by atoms with E-state index in [-0.39, 0.29) is 29.6 Å². The van der Waals surface area contributed by atoms with Gasteiger partial charge in [0.1, 0.15) is 17.7 Å². The van der Waals surface area contributed by atoms with Crippen molar-refractivity contribution in [2.45, 2.75) is 77.0 Å². The fourth-order valence-corrected chi connectivity index (χ4v) is 6.64. The average Bonchev–Trinajstić information content (AvgIpc) is 3.77. The molecule has 3 aromatic heterocycles. The molecule has 2 N–H and O–H groups in total. The zero-order valence-corrected chi connectivity index (χ0v) is 27.2. The summed E-state index contributed by atoms with van der Waals surface area (Å²) in [4.78, 5) is 15.8. The van der Waals surface area contributed by atoms with Crippen molar-refractivity contribution in [3.05, 3.63) is 101 Å². The third-order valence-electron chi connectivity index (χ3n) is 9.24. The van der Waals surface area contributed by atoms with Gasteiger partial charge in [-0.2, -0.15) is 5.10 Å². The fraction of sp³-hybridized carbons (Fsp3) is 0.389. The molecule has 2 aliphatic rings. The molecule has 46 heavy (non-hydrogen) atoms. The van der Waals surface area contributed by atoms with Gasteiger partial charge in [-0.1, -0.05) is 62.7 Å². The molecule has 2 aromatic carbocycles. The quantitative estimate of drug-likeness (QED) is 0.211. The van der Waals surface area contributed by atoms with E-state index >= 15 is 0 Å². The molecule has 1 fully saturated rings. The number of carbonyl (C=O) groups excluding carboxylic acids is 1. The van der Waals surface area contributed by atoms with E-state index in [1.165, 1.54) is 5.56 Å². The van der Waals surface area contributed by atoms with Crippen LogP contribution in [-0.4, -0.2) is 48.9 Å². The minimum absolute atomic E-state index is 0.138. The van der Waals surface area contributed by atoms with Gasteiger partial charge in [0.05, 0.1) is 29.7 Å². The number of fused-ring (bicyclic) bond motifs is 2. The van der Waals surface area contributed by atoms with Gasteiger partial charge in [-0.15, -0.1) is 10.2 Å². The molecule has 3 atom stereocenters. The summed E-state index contributed by atoms with van der Waals surface area (Å²) < 4.78 is 10.5. The van der Waals surface area contributed by atoms with E-state index in [0.29, 0.717) is 5.82 Å². The first-order valence-corrected chi connectivity index (χ1v) is 16.2. The fourth-order valence-electron chi connectivity index (χ4n) is 6.64. The van der Waals surface area contributed by atoms with Crippen molar-refractivity contribution >= 4 is 17.5 Å². The number of carbonyl (C=O) groups is 1. The maximum atomic E-state index is 13.5. The summed E-state index contributed by atoms with van der Waals surface area (Å²) in [7, 11) is 2.14. The second-order valence-corrected chi connectivity index (χ2v) is 13.7. The van der Waals surface area contributed by atoms with Crippen LogP contribution >= 0.6 is 0 Å². The van der Waals surface area contributed by atoms with E-state index in [2.05, 4.69) is 77.0 Å². The van der Waals surface area contributed by atoms with Gasteiger partial charge in [0.2, 0.25) is 0 Å². The molecule has 1 saturated heterocycles. The largest absolute Gasteiger partial charge is 0.484 e. The predicted molar refractivity (Wildman–Crippen MR) is 179 cm³/mol. The third kappa shape index (κ3) is 5.85. The first-order chi connectivity index (χ1) is 22.1. The van der Waals surface area contributed by atoms with Crippen LogP contribution in [0.25, 0.3) is 11.3 Å². The highest BCUT2D eigenvalue weighted by Crippen LogP contribution is 2.39. The molecule has 7 rings (SSSR count). The van der Waals surface area contributed by atoms with Gasteiger partial charge in [-0.3, -0.25) is 14.6 Å². The van der Waals surface area contributed by atoms with Crippen LogP contribution in [0.1, 0.15) is 92.9 Å². The number of nitrogens with one attached hydrogen (secondary N) is 2. The molecule has 0 unspecified atom stereocenters. The smallest absolute Gasteiger partial charge is 0.320 e. The Labute approximate surface area is 269 Å². The number of hydrogen-bond acceptors (Lipinski definition) is 6. The van der Waals surface area contributed by atoms with Gasteiger partial charge in [-0.05, 0) is 81.6 Å². The number of rotatable bonds is 6. The number of aromatic nitrogens is 5. The van der Waals surface area contributed by atoms with E-state index in [0.717, 1.165) is 72.0 Å². The third-order valence-corrected chi connectivity index (χ3v) is 9.24. The molecular formula is C36H42N8O2. The lowest BCUT2D eigenvalue weighted by molar-refractivity contribution is 0.171. The van der Waals surface area contributed by atoms with Crippen molar-refractivity contribution in [2.75, 3.05) is 18.9 Å². The molecule has 0 bridgehead atoms. The van der Waals surface area contributed by atoms with E-state index in [9.17, 15) is 4.79 Å². The van der Waals surface area contributed by atoms with Gasteiger partial charge in [0.25, 0.3) is 0 Å². The Morgan fingerprint density at radius 2 is 1.74 bits per heavy atom. The highest BCUT2D eigenvalue weighted by atomic mass is 16.5. The number of anilines is 1. The summed E-state index contributed by atoms with van der Waals surface area (Å²) in [5.41, 5.74) is 5.75. The standard InChI is InChI=1S/C36H42N8O2/c1-23-12-14-24(15-13-23)44-33(21-31(41-44)36(2,3)4)38-35(45)37-28-17-18-30(27-10-7-6-9-26(27)28)46-25-16-19-32-39-40-34(43(32)22-25)29-11-8-20-42(29)5/h6-7,9-10,12-16,19,21-22,28-30H,8,11,17-18,20H2,1-5H3,(H2,37,38,45)/t28-,29-,30+/m0/s1. The van der Waals surface area contributed by atoms with Crippen molar-refractivity contribution in [3.63, 3.8) is 0 Å². The summed E-state index contributed by atoms with van der Waals surface area (Å²) in [6, 6.07) is 22.1. The van der Waals surface area contributed by atoms with Crippen LogP contribution in [0.5, 0.6) is 5.75 Å². The number of amides is 2. The van der Waals surface area contributed by atoms with Crippen LogP contribution < -0.4 is 15.4 Å². The van der Waals surface area contributed by atoms with Gasteiger partial charge in [-0.25, -0.2) is 9.48 Å². The van der Waals surface area contributed by atoms with Gasteiger partial charge < -0.3 is 10.1 Å². The van der Waals surface area contributed by atoms with Gasteiger partial charge in [0.15, 0.2) is 11.5 Å². The Morgan fingerprint density at radius 1 is 0.957 bits per heavy atom. The van der Waals surface area contributed by atoms with Crippen molar-refractivity contribution in [1.29, 1.82) is 0 Å². The maximum absolute atomic E-state index is 13.5. The summed E-state index contributed by atoms with van der Waals surface area (Å²) >= 11 is 0. The average molecular weight is 619 g/mol. The van der Waals surface area contributed by atoms with Crippen LogP contribution in [0, 0.1) is 6.92 Å². The summed E-state index contributed by atoms with van der Waals surface area (Å²) in [6.45, 7) is 9.48. The molecular weight excluding hydrogens is 576 g/mol. The second kappa shape index (κ2) is 11.9. The Balaban J connectivity index is 1.09. The molecule has 5 aromatic rings. The van der Waals surface area contributed by atoms with Crippen LogP contribution in [0.2, 0.25) is 0 Å². The number of aryl methyl sites for hydroxylation is 1. The highest BCUT2D eigenvalue weighted by molar-refractivity contribution is 5.89. The zero-order valence-electron chi connectivity index (χ0n) is 27.2. The first kappa shape index (κ1) is 30.0. The molecule has 0 saturated carbocycles. The second-order valence-electron chi connectivity index (χ2n) is 13.7. The van der Waals surface area contributed by atoms with Crippen molar-refractivity contribution in [1.82, 2.24) is 34.6 Å². The number of hydrogen-bond donors (Lipinski definition) is 2. The zero-order chi connectivity index (χ0) is 32.0. The molecule has 0 spiro atoms. The molecule has 4 heterocycles. The first-order valence-electron chi connectivity index (χ1n) is 16.2. The van der Waals surface area contributed by atoms with Crippen LogP contribution in [0.4, 0.5) is 10.6 Å². The van der Waals surface area contributed by atoms with E-state index < -0.39 is 0 Å². The SMILES string of the molecule is Cc1ccc(-n2nc(C(C)(C)C)cc2NC(=O)N[C@H]2CC[C@@H](Oc3ccc4nnc([C@@H]5CCCN5C)n4c3)c3ccccc32)cc1. The number of nitrogens with zero attached hydrogens (tertiary/aromatic N) is 6. The molecule has 10 heteroatoms. The number of benzene rings is 2. The van der Waals surface area contributed by atoms with E-state index in [4.69, 9.17) is 9.84 Å². The molecule has 238 valence electrons. The Morgan fingerprint density at radius 3 is 2.48 bits per heavy atom. The monoisotopic (exact) mass is 618 g/mol. The molecule has 1 aliphatic carbocycles. The topological polar surface area (TPSA) is 102 Å². The Hall–Kier alpha value is -4.70. The Bertz CT molecular complexity index is 1870. The lowest BCUT2D eigenvalue weighted by Gasteiger charge is -2.32. The van der Waals surface area contributed by atoms with Crippen LogP contribution in [0.3, 0.4) is 0 Å². The number of ether oxygens (including phenoxy) is 1. The molecule has 1 aliphatic heterocycles. The molecule has 2 amide bonds. The summed E-state index contributed by atoms with van der Waals surface area (Å²) in [5.74, 6) is 2.36. The van der Waals surface area contributed by atoms with Gasteiger partial charge in [0, 0.05) is 11.5 Å². The lowest BCUT2D eigenvalue weighted by Crippen LogP contribution is -2.36. The predicted octanol–water partition coefficient (Wildman–Crippen LogP) is 7.06. The van der Waals surface area contributed by atoms with Gasteiger partial charge >= 0.3 is 6.03 Å². The lowest BCUT2D eigenvalue weighted by atomic mass is 9.85. The van der Waals surface area contributed by atoms with Crippen LogP contribution in [0.15, 0.2) is 72.9 Å². The van der Waals surface area contributed by atoms with E-state index in [1.807, 2.05) is 60.8 Å². The minimum Gasteiger partial charge on any atom is -0.484 e. The number of urea groups is 1. The minimum atomic E-state index is -0.268. The number of pyridine rings is 1. The summed E-state index contributed by atoms with van der Waals surface area (Å²) in [5, 5.41) is 20.1. The maximum Gasteiger partial charge on any atom is 0.320 e. The summed E-state index contributed by atoms with van der Waals surface area (Å²) in [6.07, 6.45) is 5.61. The van der Waals surface area contributed by atoms with Crippen LogP contribution in [-0.2, 0) is 5.41 Å². The number of likely N-dealkylation sites (tertiary alicyclic amines) is 1. The van der Waals surface area contributed by atoms with E-state index in [1.54, 1.807) is 4.68 Å². The Kier molecular flexibility index (Phi) is 7.76.